The van der Waals surface area contributed by atoms with Crippen molar-refractivity contribution >= 4 is 30.7 Å². The summed E-state index contributed by atoms with van der Waals surface area (Å²) in [5, 5.41) is 0. The van der Waals surface area contributed by atoms with Crippen LogP contribution in [0.2, 0.25) is 16.6 Å². The highest BCUT2D eigenvalue weighted by Gasteiger charge is 2.41. The van der Waals surface area contributed by atoms with Gasteiger partial charge in [0.25, 0.3) is 0 Å². The maximum Gasteiger partial charge on any atom is 0.146 e. The molecule has 0 unspecified atom stereocenters. The van der Waals surface area contributed by atoms with Gasteiger partial charge in [-0.05, 0) is 147 Å². The van der Waals surface area contributed by atoms with Crippen LogP contribution in [0.3, 0.4) is 0 Å². The summed E-state index contributed by atoms with van der Waals surface area (Å²) in [5.41, 5.74) is 17.1. The molecule has 0 aliphatic heterocycles. The van der Waals surface area contributed by atoms with E-state index in [0.717, 1.165) is 24.0 Å². The number of hydrogen-bond donors (Lipinski definition) is 0. The van der Waals surface area contributed by atoms with E-state index in [0.29, 0.717) is 16.6 Å². The molecule has 0 nitrogen and oxygen atoms in total. The van der Waals surface area contributed by atoms with E-state index < -0.39 is 8.07 Å². The lowest BCUT2D eigenvalue weighted by atomic mass is 9.96. The molecule has 0 saturated heterocycles. The minimum Gasteiger partial charge on any atom is -0.125 e. The van der Waals surface area contributed by atoms with Gasteiger partial charge in [-0.15, -0.1) is 5.54 Å². The predicted octanol–water partition coefficient (Wildman–Crippen LogP) is 22.6. The Morgan fingerprint density at radius 3 is 1.00 bits per heavy atom. The van der Waals surface area contributed by atoms with E-state index in [9.17, 15) is 0 Å². The zero-order valence-electron chi connectivity index (χ0n) is 46.9. The summed E-state index contributed by atoms with van der Waals surface area (Å²) in [4.78, 5) is 0. The molecule has 4 rings (SSSR count). The first-order valence-corrected chi connectivity index (χ1v) is 33.1. The van der Waals surface area contributed by atoms with Crippen molar-refractivity contribution in [2.24, 2.45) is 0 Å². The number of aryl methyl sites for hydroxylation is 2. The van der Waals surface area contributed by atoms with Crippen LogP contribution in [0.25, 0.3) is 22.3 Å². The summed E-state index contributed by atoms with van der Waals surface area (Å²) in [5.74, 6) is 11.0. The highest BCUT2D eigenvalue weighted by atomic mass is 127. The lowest BCUT2D eigenvalue weighted by molar-refractivity contribution is 0.535. The Balaban J connectivity index is 1.41. The molecule has 0 saturated carbocycles. The second-order valence-corrected chi connectivity index (χ2v) is 29.3. The lowest BCUT2D eigenvalue weighted by Crippen LogP contribution is -2.43. The third-order valence-corrected chi connectivity index (χ3v) is 22.7. The van der Waals surface area contributed by atoms with Crippen molar-refractivity contribution in [3.05, 3.63) is 116 Å². The fourth-order valence-electron chi connectivity index (χ4n) is 11.3. The van der Waals surface area contributed by atoms with Crippen molar-refractivity contribution in [2.45, 2.75) is 265 Å². The van der Waals surface area contributed by atoms with Gasteiger partial charge in [-0.25, -0.2) is 0 Å². The van der Waals surface area contributed by atoms with E-state index in [-0.39, 0.29) is 0 Å². The zero-order chi connectivity index (χ0) is 50.9. The van der Waals surface area contributed by atoms with Crippen molar-refractivity contribution in [1.29, 1.82) is 0 Å². The van der Waals surface area contributed by atoms with Crippen molar-refractivity contribution in [3.63, 3.8) is 0 Å². The first-order chi connectivity index (χ1) is 34.5. The largest absolute Gasteiger partial charge is 0.146 e. The van der Waals surface area contributed by atoms with E-state index in [4.69, 9.17) is 0 Å². The van der Waals surface area contributed by atoms with E-state index in [2.05, 4.69) is 186 Å². The molecule has 0 aliphatic rings. The highest BCUT2D eigenvalue weighted by Crippen LogP contribution is 2.41. The van der Waals surface area contributed by atoms with E-state index >= 15 is 0 Å². The molecule has 0 amide bonds. The molecule has 0 spiro atoms. The van der Waals surface area contributed by atoms with Gasteiger partial charge in [0.1, 0.15) is 8.07 Å². The third kappa shape index (κ3) is 23.4. The van der Waals surface area contributed by atoms with Gasteiger partial charge in [-0.3, -0.25) is 0 Å². The molecule has 71 heavy (non-hydrogen) atoms. The van der Waals surface area contributed by atoms with Crippen LogP contribution in [0.4, 0.5) is 0 Å². The minimum absolute atomic E-state index is 0.618. The highest BCUT2D eigenvalue weighted by molar-refractivity contribution is 14.1. The van der Waals surface area contributed by atoms with Crippen LogP contribution >= 0.6 is 22.6 Å². The van der Waals surface area contributed by atoms with Crippen LogP contribution in [0.15, 0.2) is 84.9 Å². The number of rotatable bonds is 35. The second-order valence-electron chi connectivity index (χ2n) is 22.5. The molecule has 0 heterocycles. The third-order valence-electron chi connectivity index (χ3n) is 15.7. The number of halogens is 1. The SMILES string of the molecule is CCCCCCCCCCCCCCCCc1cc(C#Cc2ccc(-c3cc(C#C[Si](C(C)C)(C(C)C)C(C)C)cc(CCCCCCCCCCCCCCCC)c3)cc2)cc(-c2ccc(I)cc2)c1. The Hall–Kier alpha value is -3.05. The first-order valence-electron chi connectivity index (χ1n) is 29.7. The molecular weight excluding hydrogens is 984 g/mol. The van der Waals surface area contributed by atoms with Gasteiger partial charge >= 0.3 is 0 Å². The maximum atomic E-state index is 4.04. The Labute approximate surface area is 454 Å². The summed E-state index contributed by atoms with van der Waals surface area (Å²) in [6, 6.07) is 32.2. The maximum absolute atomic E-state index is 4.04. The summed E-state index contributed by atoms with van der Waals surface area (Å²) < 4.78 is 1.27. The predicted molar refractivity (Wildman–Crippen MR) is 328 cm³/mol. The molecule has 4 aromatic rings. The summed E-state index contributed by atoms with van der Waals surface area (Å²) in [6.07, 6.45) is 41.2. The van der Waals surface area contributed by atoms with Gasteiger partial charge in [-0.1, -0.05) is 276 Å². The van der Waals surface area contributed by atoms with E-state index in [1.165, 1.54) is 222 Å². The topological polar surface area (TPSA) is 0 Å². The average Bonchev–Trinajstić information content (AvgIpc) is 3.36. The van der Waals surface area contributed by atoms with Gasteiger partial charge in [0.2, 0.25) is 0 Å². The molecule has 0 fully saturated rings. The van der Waals surface area contributed by atoms with Crippen LogP contribution in [-0.4, -0.2) is 8.07 Å². The van der Waals surface area contributed by atoms with Crippen LogP contribution in [0.1, 0.15) is 263 Å². The molecule has 0 bridgehead atoms. The smallest absolute Gasteiger partial charge is 0.125 e. The lowest BCUT2D eigenvalue weighted by Gasteiger charge is -2.38. The molecule has 4 aromatic carbocycles. The number of hydrogen-bond acceptors (Lipinski definition) is 0. The molecule has 0 N–H and O–H groups in total. The number of unbranched alkanes of at least 4 members (excludes halogenated alkanes) is 26. The Kier molecular flexibility index (Phi) is 30.7. The quantitative estimate of drug-likeness (QED) is 0.0186. The fourth-order valence-corrected chi connectivity index (χ4v) is 16.9. The van der Waals surface area contributed by atoms with Crippen LogP contribution < -0.4 is 0 Å². The molecule has 388 valence electrons. The molecule has 2 heteroatoms. The normalized spacial score (nSPS) is 11.6. The van der Waals surface area contributed by atoms with E-state index in [1.54, 1.807) is 0 Å². The van der Waals surface area contributed by atoms with Gasteiger partial charge < -0.3 is 0 Å². The average molecular weight is 1090 g/mol. The van der Waals surface area contributed by atoms with Crippen molar-refractivity contribution in [3.8, 4) is 45.6 Å². The minimum atomic E-state index is -1.86. The molecule has 0 radical (unpaired) electrons. The molecular formula is C69H101ISi. The van der Waals surface area contributed by atoms with Crippen LogP contribution in [0.5, 0.6) is 0 Å². The molecule has 0 aromatic heterocycles. The van der Waals surface area contributed by atoms with E-state index in [1.807, 2.05) is 0 Å². The monoisotopic (exact) mass is 1080 g/mol. The van der Waals surface area contributed by atoms with Gasteiger partial charge in [0.05, 0.1) is 0 Å². The summed E-state index contributed by atoms with van der Waals surface area (Å²) in [7, 11) is -1.86. The second kappa shape index (κ2) is 36.0. The number of benzene rings is 4. The van der Waals surface area contributed by atoms with Gasteiger partial charge in [0, 0.05) is 20.3 Å². The van der Waals surface area contributed by atoms with Gasteiger partial charge in [0.15, 0.2) is 0 Å². The summed E-state index contributed by atoms with van der Waals surface area (Å²) in [6.45, 7) is 19.1. The van der Waals surface area contributed by atoms with Crippen LogP contribution in [0, 0.1) is 26.9 Å². The van der Waals surface area contributed by atoms with Crippen molar-refractivity contribution in [1.82, 2.24) is 0 Å². The van der Waals surface area contributed by atoms with Crippen LogP contribution in [-0.2, 0) is 12.8 Å². The standard InChI is InChI=1S/C69H101ISi/c1-9-11-13-15-17-19-21-23-25-27-29-31-33-35-37-61-51-63(55-67(53-61)66-45-47-69(70)48-46-66)40-39-60-41-43-65(44-42-60)68-54-62(38-36-34-32-30-28-26-24-22-20-18-16-14-12-10-2)52-64(56-68)49-50-71(57(3)4,58(5)6)59(7)8/h41-48,51-59H,9-38H2,1-8H3. The zero-order valence-corrected chi connectivity index (χ0v) is 50.1. The summed E-state index contributed by atoms with van der Waals surface area (Å²) >= 11 is 2.40. The van der Waals surface area contributed by atoms with Crippen molar-refractivity contribution < 1.29 is 0 Å². The Morgan fingerprint density at radius 2 is 0.648 bits per heavy atom. The fraction of sp³-hybridized carbons (Fsp3) is 0.594. The Morgan fingerprint density at radius 1 is 0.338 bits per heavy atom. The molecule has 0 atom stereocenters. The Bertz CT molecular complexity index is 2130. The first kappa shape index (κ1) is 60.5. The van der Waals surface area contributed by atoms with Gasteiger partial charge in [-0.2, -0.15) is 0 Å². The van der Waals surface area contributed by atoms with Crippen molar-refractivity contribution in [2.75, 3.05) is 0 Å². The molecule has 0 aliphatic carbocycles.